The van der Waals surface area contributed by atoms with Gasteiger partial charge in [0.15, 0.2) is 6.10 Å². The molecule has 2 amide bonds. The largest absolute Gasteiger partial charge is 0.459 e. The van der Waals surface area contributed by atoms with Crippen LogP contribution in [0.3, 0.4) is 0 Å². The zero-order valence-electron chi connectivity index (χ0n) is 17.6. The van der Waals surface area contributed by atoms with Crippen molar-refractivity contribution in [3.8, 4) is 0 Å². The second-order valence-electron chi connectivity index (χ2n) is 7.94. The third kappa shape index (κ3) is 6.02. The molecule has 0 spiro atoms. The van der Waals surface area contributed by atoms with Crippen molar-refractivity contribution in [3.63, 3.8) is 0 Å². The Balaban J connectivity index is 1.98. The Kier molecular flexibility index (Phi) is 8.35. The summed E-state index contributed by atoms with van der Waals surface area (Å²) in [7, 11) is 2.25. The van der Waals surface area contributed by atoms with Crippen LogP contribution in [0.5, 0.6) is 0 Å². The van der Waals surface area contributed by atoms with Gasteiger partial charge >= 0.3 is 11.9 Å². The molecule has 9 heteroatoms. The first-order valence-corrected chi connectivity index (χ1v) is 10.6. The maximum atomic E-state index is 12.8. The smallest absolute Gasteiger partial charge is 0.329 e. The highest BCUT2D eigenvalue weighted by Gasteiger charge is 2.45. The Bertz CT molecular complexity index is 783. The first kappa shape index (κ1) is 23.8. The predicted octanol–water partition coefficient (Wildman–Crippen LogP) is 1.18. The zero-order valence-corrected chi connectivity index (χ0v) is 18.7. The number of amides is 2. The molecule has 8 nitrogen and oxygen atoms in total. The van der Waals surface area contributed by atoms with Crippen molar-refractivity contribution >= 4 is 33.0 Å². The molecule has 0 bridgehead atoms. The number of esters is 2. The molecule has 1 heterocycles. The van der Waals surface area contributed by atoms with Crippen LogP contribution in [0.15, 0.2) is 30.3 Å². The van der Waals surface area contributed by atoms with E-state index >= 15 is 0 Å². The number of hydrogen-bond donors (Lipinski definition) is 2. The minimum Gasteiger partial charge on any atom is -0.459 e. The van der Waals surface area contributed by atoms with Crippen LogP contribution in [0, 0.1) is 11.8 Å². The number of carbonyl (C=O) groups excluding carboxylic acids is 4. The van der Waals surface area contributed by atoms with Crippen LogP contribution in [0.25, 0.3) is 0 Å². The molecule has 0 aliphatic carbocycles. The van der Waals surface area contributed by atoms with Gasteiger partial charge in [-0.3, -0.25) is 14.4 Å². The lowest BCUT2D eigenvalue weighted by atomic mass is 9.99. The van der Waals surface area contributed by atoms with Gasteiger partial charge in [0.1, 0.15) is 24.3 Å². The topological polar surface area (TPSA) is 111 Å². The summed E-state index contributed by atoms with van der Waals surface area (Å²) in [6.07, 6.45) is -0.937. The van der Waals surface area contributed by atoms with Gasteiger partial charge in [0.05, 0.1) is 0 Å². The summed E-state index contributed by atoms with van der Waals surface area (Å²) >= 11 is 0. The summed E-state index contributed by atoms with van der Waals surface area (Å²) in [5.74, 6) is -2.54. The van der Waals surface area contributed by atoms with E-state index in [1.165, 1.54) is 0 Å². The molecule has 1 aromatic carbocycles. The van der Waals surface area contributed by atoms with Crippen LogP contribution in [-0.2, 0) is 35.3 Å². The van der Waals surface area contributed by atoms with Gasteiger partial charge in [-0.2, -0.15) is 0 Å². The molecule has 164 valence electrons. The zero-order chi connectivity index (χ0) is 22.4. The minimum atomic E-state index is -0.937. The lowest BCUT2D eigenvalue weighted by molar-refractivity contribution is -0.173. The molecule has 0 saturated carbocycles. The van der Waals surface area contributed by atoms with Crippen molar-refractivity contribution in [3.05, 3.63) is 35.9 Å². The summed E-state index contributed by atoms with van der Waals surface area (Å²) in [6.45, 7) is 7.24. The summed E-state index contributed by atoms with van der Waals surface area (Å²) in [5.41, 5.74) is 0.214. The van der Waals surface area contributed by atoms with Crippen molar-refractivity contribution < 1.29 is 28.7 Å². The maximum absolute atomic E-state index is 12.8. The van der Waals surface area contributed by atoms with Gasteiger partial charge in [-0.25, -0.2) is 4.79 Å². The van der Waals surface area contributed by atoms with Crippen molar-refractivity contribution in [2.45, 2.75) is 58.1 Å². The third-order valence-corrected chi connectivity index (χ3v) is 5.41. The van der Waals surface area contributed by atoms with Gasteiger partial charge < -0.3 is 20.1 Å². The number of nitrogens with one attached hydrogen (secondary N) is 2. The second-order valence-corrected chi connectivity index (χ2v) is 8.66. The molecule has 0 aromatic heterocycles. The molecule has 1 unspecified atom stereocenters. The average molecular weight is 436 g/mol. The normalized spacial score (nSPS) is 20.0. The summed E-state index contributed by atoms with van der Waals surface area (Å²) in [5, 5.41) is 5.31. The van der Waals surface area contributed by atoms with E-state index in [2.05, 4.69) is 19.9 Å². The molecule has 5 atom stereocenters. The molecule has 2 rings (SSSR count). The van der Waals surface area contributed by atoms with Gasteiger partial charge in [-0.05, 0) is 17.4 Å². The molecule has 2 N–H and O–H groups in total. The molecule has 1 fully saturated rings. The van der Waals surface area contributed by atoms with Gasteiger partial charge in [0, 0.05) is 0 Å². The summed E-state index contributed by atoms with van der Waals surface area (Å²) in [6, 6.07) is 7.49. The van der Waals surface area contributed by atoms with Gasteiger partial charge in [-0.1, -0.05) is 58.0 Å². The Hall–Kier alpha value is -2.47. The first-order chi connectivity index (χ1) is 14.1. The minimum absolute atomic E-state index is 0.103. The molecule has 1 aliphatic heterocycles. The van der Waals surface area contributed by atoms with Crippen LogP contribution in [-0.4, -0.2) is 47.6 Å². The average Bonchev–Trinajstić information content (AvgIpc) is 2.71. The lowest BCUT2D eigenvalue weighted by Crippen LogP contribution is -2.61. The number of hydrogen-bond acceptors (Lipinski definition) is 6. The number of cyclic esters (lactones) is 1. The molecule has 1 aliphatic rings. The highest BCUT2D eigenvalue weighted by Crippen LogP contribution is 2.23. The highest BCUT2D eigenvalue weighted by molar-refractivity contribution is 7.20. The second kappa shape index (κ2) is 10.5. The highest BCUT2D eigenvalue weighted by atomic mass is 31.0. The van der Waals surface area contributed by atoms with E-state index < -0.39 is 47.6 Å². The van der Waals surface area contributed by atoms with E-state index in [0.717, 1.165) is 5.56 Å². The maximum Gasteiger partial charge on any atom is 0.329 e. The summed E-state index contributed by atoms with van der Waals surface area (Å²) < 4.78 is 10.2. The number of rotatable bonds is 9. The Morgan fingerprint density at radius 2 is 1.63 bits per heavy atom. The molecular formula is C21H29N2O6P. The third-order valence-electron chi connectivity index (χ3n) is 4.79. The van der Waals surface area contributed by atoms with E-state index in [9.17, 15) is 19.2 Å². The quantitative estimate of drug-likeness (QED) is 0.444. The SMILES string of the molecule is CC(C)[C@H](NC(=O)[C@@H]1OC(=O)[C@H]1P)C(=O)N[C@H](C(=O)OCc1ccccc1)C(C)C. The fraction of sp³-hybridized carbons (Fsp3) is 0.524. The number of benzene rings is 1. The van der Waals surface area contributed by atoms with E-state index in [0.29, 0.717) is 0 Å². The standard InChI is InChI=1S/C21H29N2O6P/c1-11(2)14(22-19(25)16-17(30)21(27)29-16)18(24)23-15(12(3)4)20(26)28-10-13-8-6-5-7-9-13/h5-9,11-12,14-17H,10,30H2,1-4H3,(H,22,25)(H,23,24)/t14-,15-,16+,17-/m0/s1. The molecule has 1 aromatic rings. The van der Waals surface area contributed by atoms with E-state index in [1.807, 2.05) is 30.3 Å². The van der Waals surface area contributed by atoms with E-state index in [-0.39, 0.29) is 18.4 Å². The van der Waals surface area contributed by atoms with E-state index in [1.54, 1.807) is 27.7 Å². The fourth-order valence-electron chi connectivity index (χ4n) is 2.87. The van der Waals surface area contributed by atoms with Gasteiger partial charge in [0.2, 0.25) is 5.91 Å². The van der Waals surface area contributed by atoms with Crippen LogP contribution < -0.4 is 10.6 Å². The Morgan fingerprint density at radius 1 is 1.03 bits per heavy atom. The Morgan fingerprint density at radius 3 is 2.13 bits per heavy atom. The number of ether oxygens (including phenoxy) is 2. The fourth-order valence-corrected chi connectivity index (χ4v) is 3.21. The molecule has 1 saturated heterocycles. The van der Waals surface area contributed by atoms with Gasteiger partial charge in [-0.15, -0.1) is 9.24 Å². The molecular weight excluding hydrogens is 407 g/mol. The van der Waals surface area contributed by atoms with Crippen molar-refractivity contribution in [2.75, 3.05) is 0 Å². The lowest BCUT2D eigenvalue weighted by Gasteiger charge is -2.33. The predicted molar refractivity (Wildman–Crippen MR) is 113 cm³/mol. The van der Waals surface area contributed by atoms with Gasteiger partial charge in [0.25, 0.3) is 5.91 Å². The van der Waals surface area contributed by atoms with Crippen LogP contribution >= 0.6 is 9.24 Å². The number of carbonyl (C=O) groups is 4. The Labute approximate surface area is 178 Å². The summed E-state index contributed by atoms with van der Waals surface area (Å²) in [4.78, 5) is 49.0. The van der Waals surface area contributed by atoms with E-state index in [4.69, 9.17) is 9.47 Å². The molecule has 30 heavy (non-hydrogen) atoms. The van der Waals surface area contributed by atoms with Crippen LogP contribution in [0.4, 0.5) is 0 Å². The van der Waals surface area contributed by atoms with Crippen molar-refractivity contribution in [1.29, 1.82) is 0 Å². The van der Waals surface area contributed by atoms with Crippen molar-refractivity contribution in [1.82, 2.24) is 10.6 Å². The first-order valence-electron chi connectivity index (χ1n) is 9.89. The monoisotopic (exact) mass is 436 g/mol. The van der Waals surface area contributed by atoms with Crippen LogP contribution in [0.1, 0.15) is 33.3 Å². The molecule has 0 radical (unpaired) electrons. The van der Waals surface area contributed by atoms with Crippen LogP contribution in [0.2, 0.25) is 0 Å². The van der Waals surface area contributed by atoms with Crippen molar-refractivity contribution in [2.24, 2.45) is 11.8 Å².